The van der Waals surface area contributed by atoms with Crippen LogP contribution in [0.2, 0.25) is 5.02 Å². The van der Waals surface area contributed by atoms with E-state index in [0.717, 1.165) is 33.8 Å². The third-order valence-corrected chi connectivity index (χ3v) is 7.07. The van der Waals surface area contributed by atoms with Gasteiger partial charge >= 0.3 is 0 Å². The molecule has 1 aliphatic rings. The molecule has 0 aliphatic carbocycles. The van der Waals surface area contributed by atoms with E-state index in [0.29, 0.717) is 23.2 Å². The summed E-state index contributed by atoms with van der Waals surface area (Å²) in [6.45, 7) is 3.91. The molecule has 198 valence electrons. The van der Waals surface area contributed by atoms with E-state index < -0.39 is 6.17 Å². The van der Waals surface area contributed by atoms with Crippen molar-refractivity contribution in [1.29, 1.82) is 0 Å². The minimum Gasteiger partial charge on any atom is -0.488 e. The normalized spacial score (nSPS) is 14.8. The summed E-state index contributed by atoms with van der Waals surface area (Å²) in [6, 6.07) is 31.8. The summed E-state index contributed by atoms with van der Waals surface area (Å²) in [6.07, 6.45) is -0.459. The molecule has 1 atom stereocenters. The van der Waals surface area contributed by atoms with E-state index in [2.05, 4.69) is 0 Å². The molecule has 39 heavy (non-hydrogen) atoms. The standard InChI is InChI=1S/C32H31ClN4O2/c1-22-13-15-27(16-14-22)37-32(28-10-6-8-12-30(28)39-21-24-9-5-7-11-29(24)33)36(31(34-37)23(2)38)26-19-17-25(18-20-26)35(3)4/h5-20,32H,21H2,1-4H3/t32-/m0/s1. The number of anilines is 3. The van der Waals surface area contributed by atoms with E-state index >= 15 is 0 Å². The van der Waals surface area contributed by atoms with Crippen LogP contribution in [-0.4, -0.2) is 25.7 Å². The molecule has 5 rings (SSSR count). The summed E-state index contributed by atoms with van der Waals surface area (Å²) in [5, 5.41) is 7.42. The summed E-state index contributed by atoms with van der Waals surface area (Å²) in [5.41, 5.74) is 5.71. The van der Waals surface area contributed by atoms with Gasteiger partial charge in [0, 0.05) is 48.5 Å². The number of ether oxygens (including phenoxy) is 1. The van der Waals surface area contributed by atoms with Crippen molar-refractivity contribution in [2.45, 2.75) is 26.6 Å². The maximum absolute atomic E-state index is 13.0. The van der Waals surface area contributed by atoms with Gasteiger partial charge in [-0.05, 0) is 55.5 Å². The number of amidine groups is 1. The SMILES string of the molecule is CC(=O)C1=NN(c2ccc(C)cc2)[C@@H](c2ccccc2OCc2ccccc2Cl)N1c1ccc(N(C)C)cc1. The molecule has 0 saturated heterocycles. The zero-order valence-corrected chi connectivity index (χ0v) is 23.3. The number of aryl methyl sites for hydroxylation is 1. The van der Waals surface area contributed by atoms with Crippen molar-refractivity contribution in [3.8, 4) is 5.75 Å². The van der Waals surface area contributed by atoms with Gasteiger partial charge in [0.2, 0.25) is 0 Å². The van der Waals surface area contributed by atoms with E-state index in [4.69, 9.17) is 21.4 Å². The first kappa shape index (κ1) is 26.3. The monoisotopic (exact) mass is 538 g/mol. The Morgan fingerprint density at radius 3 is 2.21 bits per heavy atom. The maximum atomic E-state index is 13.0. The second kappa shape index (κ2) is 11.2. The zero-order valence-electron chi connectivity index (χ0n) is 22.5. The molecule has 0 fully saturated rings. The van der Waals surface area contributed by atoms with Crippen molar-refractivity contribution in [3.63, 3.8) is 0 Å². The molecule has 0 aromatic heterocycles. The fourth-order valence-electron chi connectivity index (χ4n) is 4.61. The van der Waals surface area contributed by atoms with Gasteiger partial charge in [-0.2, -0.15) is 0 Å². The third kappa shape index (κ3) is 5.47. The number of hydrogen-bond donors (Lipinski definition) is 0. The lowest BCUT2D eigenvalue weighted by molar-refractivity contribution is -0.111. The van der Waals surface area contributed by atoms with Gasteiger partial charge in [0.05, 0.1) is 5.69 Å². The minimum absolute atomic E-state index is 0.124. The highest BCUT2D eigenvalue weighted by atomic mass is 35.5. The van der Waals surface area contributed by atoms with Crippen LogP contribution in [0.5, 0.6) is 5.75 Å². The molecule has 1 heterocycles. The Morgan fingerprint density at radius 2 is 1.54 bits per heavy atom. The number of ketones is 1. The van der Waals surface area contributed by atoms with Crippen LogP contribution in [0.1, 0.15) is 29.8 Å². The Hall–Kier alpha value is -4.29. The summed E-state index contributed by atoms with van der Waals surface area (Å²) < 4.78 is 6.37. The lowest BCUT2D eigenvalue weighted by atomic mass is 10.1. The van der Waals surface area contributed by atoms with E-state index in [9.17, 15) is 4.79 Å². The molecule has 7 heteroatoms. The first-order valence-corrected chi connectivity index (χ1v) is 13.2. The van der Waals surface area contributed by atoms with E-state index in [1.165, 1.54) is 0 Å². The average Bonchev–Trinajstić information content (AvgIpc) is 3.34. The molecule has 0 spiro atoms. The molecule has 1 aliphatic heterocycles. The van der Waals surface area contributed by atoms with Crippen LogP contribution < -0.4 is 19.5 Å². The lowest BCUT2D eigenvalue weighted by Crippen LogP contribution is -2.38. The Bertz CT molecular complexity index is 1500. The van der Waals surface area contributed by atoms with Crippen molar-refractivity contribution >= 4 is 40.3 Å². The van der Waals surface area contributed by atoms with Gasteiger partial charge in [0.1, 0.15) is 12.4 Å². The Labute approximate surface area is 234 Å². The predicted octanol–water partition coefficient (Wildman–Crippen LogP) is 7.22. The van der Waals surface area contributed by atoms with Gasteiger partial charge in [-0.3, -0.25) is 9.69 Å². The number of hydrazone groups is 1. The highest BCUT2D eigenvalue weighted by molar-refractivity contribution is 6.44. The second-order valence-electron chi connectivity index (χ2n) is 9.73. The largest absolute Gasteiger partial charge is 0.488 e. The van der Waals surface area contributed by atoms with Gasteiger partial charge in [0.15, 0.2) is 17.8 Å². The molecule has 0 unspecified atom stereocenters. The van der Waals surface area contributed by atoms with Gasteiger partial charge in [-0.1, -0.05) is 65.7 Å². The number of rotatable bonds is 8. The van der Waals surface area contributed by atoms with E-state index in [1.54, 1.807) is 6.92 Å². The molecule has 0 radical (unpaired) electrons. The molecular weight excluding hydrogens is 508 g/mol. The molecular formula is C32H31ClN4O2. The quantitative estimate of drug-likeness (QED) is 0.237. The number of benzene rings is 4. The molecule has 0 N–H and O–H groups in total. The van der Waals surface area contributed by atoms with Crippen LogP contribution >= 0.6 is 11.6 Å². The summed E-state index contributed by atoms with van der Waals surface area (Å²) in [7, 11) is 4.00. The highest BCUT2D eigenvalue weighted by Gasteiger charge is 2.40. The van der Waals surface area contributed by atoms with E-state index in [1.807, 2.05) is 133 Å². The third-order valence-electron chi connectivity index (χ3n) is 6.70. The van der Waals surface area contributed by atoms with E-state index in [-0.39, 0.29) is 5.78 Å². The molecule has 0 saturated carbocycles. The fraction of sp³-hybridized carbons (Fsp3) is 0.188. The number of carbonyl (C=O) groups is 1. The van der Waals surface area contributed by atoms with Crippen molar-refractivity contribution in [2.75, 3.05) is 28.9 Å². The molecule has 4 aromatic rings. The Morgan fingerprint density at radius 1 is 0.897 bits per heavy atom. The topological polar surface area (TPSA) is 48.4 Å². The van der Waals surface area contributed by atoms with Crippen molar-refractivity contribution in [2.24, 2.45) is 5.10 Å². The van der Waals surface area contributed by atoms with Gasteiger partial charge in [-0.25, -0.2) is 5.01 Å². The van der Waals surface area contributed by atoms with Crippen LogP contribution in [0.25, 0.3) is 0 Å². The molecule has 6 nitrogen and oxygen atoms in total. The van der Waals surface area contributed by atoms with Crippen molar-refractivity contribution in [3.05, 3.63) is 119 Å². The van der Waals surface area contributed by atoms with Crippen LogP contribution in [0, 0.1) is 6.92 Å². The molecule has 4 aromatic carbocycles. The second-order valence-corrected chi connectivity index (χ2v) is 10.1. The van der Waals surface area contributed by atoms with Gasteiger partial charge in [-0.15, -0.1) is 5.10 Å². The number of para-hydroxylation sites is 1. The predicted molar refractivity (Wildman–Crippen MR) is 160 cm³/mol. The van der Waals surface area contributed by atoms with Crippen molar-refractivity contribution < 1.29 is 9.53 Å². The van der Waals surface area contributed by atoms with Crippen LogP contribution in [0.4, 0.5) is 17.1 Å². The van der Waals surface area contributed by atoms with Crippen LogP contribution in [0.3, 0.4) is 0 Å². The smallest absolute Gasteiger partial charge is 0.198 e. The summed E-state index contributed by atoms with van der Waals surface area (Å²) >= 11 is 6.41. The van der Waals surface area contributed by atoms with Crippen LogP contribution in [-0.2, 0) is 11.4 Å². The van der Waals surface area contributed by atoms with Gasteiger partial charge in [0.25, 0.3) is 0 Å². The first-order chi connectivity index (χ1) is 18.8. The summed E-state index contributed by atoms with van der Waals surface area (Å²) in [4.78, 5) is 17.0. The highest BCUT2D eigenvalue weighted by Crippen LogP contribution is 2.42. The average molecular weight is 539 g/mol. The number of nitrogens with zero attached hydrogens (tertiary/aromatic N) is 4. The van der Waals surface area contributed by atoms with Crippen LogP contribution in [0.15, 0.2) is 102 Å². The van der Waals surface area contributed by atoms with Crippen molar-refractivity contribution in [1.82, 2.24) is 0 Å². The number of hydrogen-bond acceptors (Lipinski definition) is 6. The Kier molecular flexibility index (Phi) is 7.57. The Balaban J connectivity index is 1.62. The zero-order chi connectivity index (χ0) is 27.5. The lowest BCUT2D eigenvalue weighted by Gasteiger charge is -2.33. The van der Waals surface area contributed by atoms with Gasteiger partial charge < -0.3 is 9.64 Å². The summed E-state index contributed by atoms with van der Waals surface area (Å²) in [5.74, 6) is 0.925. The minimum atomic E-state index is -0.459. The number of halogens is 1. The number of Topliss-reactive ketones (excluding diaryl/α,β-unsaturated/α-hetero) is 1. The fourth-order valence-corrected chi connectivity index (χ4v) is 4.80. The molecule has 0 amide bonds. The maximum Gasteiger partial charge on any atom is 0.198 e. The number of carbonyl (C=O) groups excluding carboxylic acids is 1. The molecule has 0 bridgehead atoms. The first-order valence-electron chi connectivity index (χ1n) is 12.8.